The zero-order chi connectivity index (χ0) is 19.2. The summed E-state index contributed by atoms with van der Waals surface area (Å²) >= 11 is 0. The average Bonchev–Trinajstić information content (AvgIpc) is 3.03. The number of rotatable bonds is 4. The maximum atomic E-state index is 14.6. The van der Waals surface area contributed by atoms with Crippen molar-refractivity contribution >= 4 is 32.3 Å². The predicted octanol–water partition coefficient (Wildman–Crippen LogP) is 2.87. The molecule has 0 aliphatic carbocycles. The fraction of sp³-hybridized carbons (Fsp3) is 0.211. The average molecular weight is 387 g/mol. The van der Waals surface area contributed by atoms with Crippen molar-refractivity contribution in [3.05, 3.63) is 59.5 Å². The van der Waals surface area contributed by atoms with Crippen LogP contribution in [0.3, 0.4) is 0 Å². The number of benzene rings is 2. The number of nitrogens with zero attached hydrogens (tertiary/aromatic N) is 2. The van der Waals surface area contributed by atoms with Gasteiger partial charge in [0, 0.05) is 23.8 Å². The first-order valence-corrected chi connectivity index (χ1v) is 10.1. The maximum Gasteiger partial charge on any atom is 0.213 e. The van der Waals surface area contributed by atoms with Gasteiger partial charge in [-0.05, 0) is 41.8 Å². The Labute approximate surface area is 156 Å². The molecule has 0 amide bonds. The lowest BCUT2D eigenvalue weighted by atomic mass is 10.1. The topological polar surface area (TPSA) is 85.5 Å². The lowest BCUT2D eigenvalue weighted by molar-refractivity contribution is 0.388. The highest BCUT2D eigenvalue weighted by atomic mass is 32.2. The van der Waals surface area contributed by atoms with Crippen molar-refractivity contribution in [3.63, 3.8) is 0 Å². The molecule has 8 heteroatoms. The summed E-state index contributed by atoms with van der Waals surface area (Å²) in [7, 11) is -2.16. The van der Waals surface area contributed by atoms with Crippen LogP contribution in [0.1, 0.15) is 11.1 Å². The number of methoxy groups -OCH3 is 1. The van der Waals surface area contributed by atoms with E-state index in [1.54, 1.807) is 24.4 Å². The van der Waals surface area contributed by atoms with E-state index in [1.165, 1.54) is 7.11 Å². The second kappa shape index (κ2) is 6.47. The zero-order valence-electron chi connectivity index (χ0n) is 14.6. The fourth-order valence-electron chi connectivity index (χ4n) is 3.57. The fourth-order valence-corrected chi connectivity index (χ4v) is 4.22. The molecule has 0 saturated heterocycles. The Bertz CT molecular complexity index is 1150. The van der Waals surface area contributed by atoms with Crippen LogP contribution in [-0.2, 0) is 22.2 Å². The standard InChI is InChI=1S/C19H18FN3O3S/c1-26-17-5-3-14-16(6-8-22-19(14)18(17)20)23-9-7-13-10-12(2-4-15(13)23)11-27(21,24)25/h2-6,8,10H,7,9,11H2,1H3,(H2,21,24,25). The normalized spacial score (nSPS) is 13.8. The third-order valence-corrected chi connectivity index (χ3v) is 5.45. The smallest absolute Gasteiger partial charge is 0.213 e. The molecule has 0 spiro atoms. The molecule has 2 heterocycles. The number of primary sulfonamides is 1. The first-order chi connectivity index (χ1) is 12.9. The van der Waals surface area contributed by atoms with Gasteiger partial charge in [-0.15, -0.1) is 0 Å². The molecular weight excluding hydrogens is 369 g/mol. The van der Waals surface area contributed by atoms with E-state index in [9.17, 15) is 12.8 Å². The summed E-state index contributed by atoms with van der Waals surface area (Å²) < 4.78 is 42.3. The SMILES string of the molecule is COc1ccc2c(N3CCc4cc(CS(N)(=O)=O)ccc43)ccnc2c1F. The Morgan fingerprint density at radius 2 is 2.04 bits per heavy atom. The Morgan fingerprint density at radius 3 is 2.78 bits per heavy atom. The summed E-state index contributed by atoms with van der Waals surface area (Å²) in [6, 6.07) is 10.7. The van der Waals surface area contributed by atoms with Crippen LogP contribution in [0.15, 0.2) is 42.6 Å². The van der Waals surface area contributed by atoms with Crippen LogP contribution in [0.25, 0.3) is 10.9 Å². The number of anilines is 2. The Balaban J connectivity index is 1.78. The number of hydrogen-bond acceptors (Lipinski definition) is 5. The van der Waals surface area contributed by atoms with E-state index in [-0.39, 0.29) is 17.0 Å². The predicted molar refractivity (Wildman–Crippen MR) is 102 cm³/mol. The van der Waals surface area contributed by atoms with Crippen LogP contribution in [0.2, 0.25) is 0 Å². The minimum Gasteiger partial charge on any atom is -0.494 e. The largest absolute Gasteiger partial charge is 0.494 e. The minimum absolute atomic E-state index is 0.154. The van der Waals surface area contributed by atoms with Crippen molar-refractivity contribution in [1.29, 1.82) is 0 Å². The molecule has 3 aromatic rings. The molecule has 1 aliphatic heterocycles. The highest BCUT2D eigenvalue weighted by molar-refractivity contribution is 7.88. The van der Waals surface area contributed by atoms with Gasteiger partial charge < -0.3 is 9.64 Å². The van der Waals surface area contributed by atoms with E-state index < -0.39 is 15.8 Å². The molecular formula is C19H18FN3O3S. The number of ether oxygens (including phenoxy) is 1. The zero-order valence-corrected chi connectivity index (χ0v) is 15.5. The molecule has 0 saturated carbocycles. The van der Waals surface area contributed by atoms with Crippen LogP contribution >= 0.6 is 0 Å². The van der Waals surface area contributed by atoms with Crippen LogP contribution in [0.4, 0.5) is 15.8 Å². The number of aromatic nitrogens is 1. The van der Waals surface area contributed by atoms with E-state index in [0.717, 1.165) is 23.4 Å². The van der Waals surface area contributed by atoms with Crippen molar-refractivity contribution in [3.8, 4) is 5.75 Å². The van der Waals surface area contributed by atoms with Gasteiger partial charge in [-0.25, -0.2) is 17.9 Å². The number of fused-ring (bicyclic) bond motifs is 2. The molecule has 140 valence electrons. The van der Waals surface area contributed by atoms with Crippen LogP contribution < -0.4 is 14.8 Å². The summed E-state index contributed by atoms with van der Waals surface area (Å²) in [6.07, 6.45) is 2.34. The Kier molecular flexibility index (Phi) is 4.24. The van der Waals surface area contributed by atoms with Gasteiger partial charge in [0.15, 0.2) is 11.6 Å². The number of sulfonamides is 1. The van der Waals surface area contributed by atoms with Crippen molar-refractivity contribution in [2.45, 2.75) is 12.2 Å². The van der Waals surface area contributed by atoms with Gasteiger partial charge in [-0.1, -0.05) is 12.1 Å². The molecule has 27 heavy (non-hydrogen) atoms. The monoisotopic (exact) mass is 387 g/mol. The highest BCUT2D eigenvalue weighted by Gasteiger charge is 2.24. The minimum atomic E-state index is -3.58. The van der Waals surface area contributed by atoms with E-state index in [0.29, 0.717) is 17.5 Å². The van der Waals surface area contributed by atoms with Crippen molar-refractivity contribution in [1.82, 2.24) is 4.98 Å². The molecule has 2 aromatic carbocycles. The quantitative estimate of drug-likeness (QED) is 0.744. The van der Waals surface area contributed by atoms with Crippen molar-refractivity contribution in [2.75, 3.05) is 18.6 Å². The van der Waals surface area contributed by atoms with E-state index in [2.05, 4.69) is 9.88 Å². The third kappa shape index (κ3) is 3.22. The molecule has 2 N–H and O–H groups in total. The molecule has 1 aliphatic rings. The lowest BCUT2D eigenvalue weighted by Gasteiger charge is -2.22. The van der Waals surface area contributed by atoms with Crippen molar-refractivity contribution < 1.29 is 17.5 Å². The van der Waals surface area contributed by atoms with Gasteiger partial charge in [0.1, 0.15) is 5.52 Å². The second-order valence-corrected chi connectivity index (χ2v) is 8.09. The second-order valence-electron chi connectivity index (χ2n) is 6.48. The molecule has 0 atom stereocenters. The molecule has 0 fully saturated rings. The Hall–Kier alpha value is -2.71. The number of pyridine rings is 1. The Morgan fingerprint density at radius 1 is 1.22 bits per heavy atom. The summed E-state index contributed by atoms with van der Waals surface area (Å²) in [5.41, 5.74) is 3.77. The molecule has 6 nitrogen and oxygen atoms in total. The molecule has 0 radical (unpaired) electrons. The summed E-state index contributed by atoms with van der Waals surface area (Å²) in [4.78, 5) is 6.26. The van der Waals surface area contributed by atoms with Gasteiger partial charge in [-0.3, -0.25) is 4.98 Å². The van der Waals surface area contributed by atoms with E-state index >= 15 is 0 Å². The van der Waals surface area contributed by atoms with Crippen LogP contribution in [-0.4, -0.2) is 27.1 Å². The molecule has 0 bridgehead atoms. The lowest BCUT2D eigenvalue weighted by Crippen LogP contribution is -2.15. The van der Waals surface area contributed by atoms with Crippen molar-refractivity contribution in [2.24, 2.45) is 5.14 Å². The summed E-state index contributed by atoms with van der Waals surface area (Å²) in [5.74, 6) is -0.523. The highest BCUT2D eigenvalue weighted by Crippen LogP contribution is 2.39. The van der Waals surface area contributed by atoms with E-state index in [1.807, 2.05) is 18.2 Å². The molecule has 1 aromatic heterocycles. The molecule has 4 rings (SSSR count). The number of halogens is 1. The van der Waals surface area contributed by atoms with Gasteiger partial charge in [-0.2, -0.15) is 0 Å². The van der Waals surface area contributed by atoms with Crippen LogP contribution in [0.5, 0.6) is 5.75 Å². The van der Waals surface area contributed by atoms with Gasteiger partial charge in [0.05, 0.1) is 18.6 Å². The number of hydrogen-bond donors (Lipinski definition) is 1. The van der Waals surface area contributed by atoms with Gasteiger partial charge >= 0.3 is 0 Å². The third-order valence-electron chi connectivity index (χ3n) is 4.71. The summed E-state index contributed by atoms with van der Waals surface area (Å²) in [5, 5.41) is 5.83. The van der Waals surface area contributed by atoms with Crippen LogP contribution in [0, 0.1) is 5.82 Å². The maximum absolute atomic E-state index is 14.6. The summed E-state index contributed by atoms with van der Waals surface area (Å²) in [6.45, 7) is 0.709. The van der Waals surface area contributed by atoms with Gasteiger partial charge in [0.2, 0.25) is 10.0 Å². The molecule has 0 unspecified atom stereocenters. The first-order valence-electron chi connectivity index (χ1n) is 8.38. The first kappa shape index (κ1) is 17.7. The van der Waals surface area contributed by atoms with E-state index in [4.69, 9.17) is 9.88 Å². The number of nitrogens with two attached hydrogens (primary N) is 1. The van der Waals surface area contributed by atoms with Gasteiger partial charge in [0.25, 0.3) is 0 Å².